The van der Waals surface area contributed by atoms with Gasteiger partial charge in [0.2, 0.25) is 12.7 Å². The van der Waals surface area contributed by atoms with Gasteiger partial charge in [-0.05, 0) is 24.3 Å². The lowest BCUT2D eigenvalue weighted by Gasteiger charge is -2.37. The van der Waals surface area contributed by atoms with E-state index in [0.29, 0.717) is 30.3 Å². The second-order valence-electron chi connectivity index (χ2n) is 8.88. The molecule has 0 spiro atoms. The molecule has 3 atom stereocenters. The number of fused-ring (bicyclic) bond motifs is 1. The van der Waals surface area contributed by atoms with Crippen molar-refractivity contribution in [3.8, 4) is 11.5 Å². The van der Waals surface area contributed by atoms with Crippen molar-refractivity contribution in [3.63, 3.8) is 0 Å². The highest BCUT2D eigenvalue weighted by Gasteiger charge is 2.31. The van der Waals surface area contributed by atoms with Crippen molar-refractivity contribution in [2.24, 2.45) is 0 Å². The Morgan fingerprint density at radius 1 is 0.972 bits per heavy atom. The first-order chi connectivity index (χ1) is 17.6. The SMILES string of the molecule is O=C(Nc1ccc2c(c1)OCO2)N[C@H]1C=C[C@@H](CC(=O)N2CCN(c3ccccc3)CC2)O[C@@H]1CO. The normalized spacial score (nSPS) is 22.9. The zero-order valence-electron chi connectivity index (χ0n) is 19.8. The molecule has 0 aliphatic carbocycles. The maximum Gasteiger partial charge on any atom is 0.319 e. The first-order valence-corrected chi connectivity index (χ1v) is 12.1. The maximum absolute atomic E-state index is 12.9. The van der Waals surface area contributed by atoms with Crippen LogP contribution < -0.4 is 25.0 Å². The van der Waals surface area contributed by atoms with Gasteiger partial charge in [0.1, 0.15) is 6.10 Å². The quantitative estimate of drug-likeness (QED) is 0.527. The van der Waals surface area contributed by atoms with E-state index in [1.165, 1.54) is 0 Å². The number of piperazine rings is 1. The van der Waals surface area contributed by atoms with E-state index in [9.17, 15) is 14.7 Å². The number of aliphatic hydroxyl groups excluding tert-OH is 1. The van der Waals surface area contributed by atoms with Crippen LogP contribution in [0.4, 0.5) is 16.2 Å². The summed E-state index contributed by atoms with van der Waals surface area (Å²) < 4.78 is 16.5. The molecule has 3 aliphatic heterocycles. The fourth-order valence-corrected chi connectivity index (χ4v) is 4.58. The monoisotopic (exact) mass is 494 g/mol. The highest BCUT2D eigenvalue weighted by atomic mass is 16.7. The van der Waals surface area contributed by atoms with Gasteiger partial charge in [-0.1, -0.05) is 30.4 Å². The fraction of sp³-hybridized carbons (Fsp3) is 0.385. The van der Waals surface area contributed by atoms with Crippen molar-refractivity contribution in [2.45, 2.75) is 24.7 Å². The molecule has 190 valence electrons. The van der Waals surface area contributed by atoms with E-state index in [1.54, 1.807) is 30.4 Å². The molecule has 3 aliphatic rings. The number of ether oxygens (including phenoxy) is 3. The average molecular weight is 495 g/mol. The van der Waals surface area contributed by atoms with Crippen LogP contribution in [0.15, 0.2) is 60.7 Å². The van der Waals surface area contributed by atoms with Gasteiger partial charge in [0.15, 0.2) is 11.5 Å². The Morgan fingerprint density at radius 2 is 1.75 bits per heavy atom. The van der Waals surface area contributed by atoms with E-state index in [-0.39, 0.29) is 25.7 Å². The minimum absolute atomic E-state index is 0.0148. The highest BCUT2D eigenvalue weighted by molar-refractivity contribution is 5.90. The molecule has 3 heterocycles. The van der Waals surface area contributed by atoms with Crippen LogP contribution in [0.5, 0.6) is 11.5 Å². The Hall–Kier alpha value is -3.76. The summed E-state index contributed by atoms with van der Waals surface area (Å²) in [6.07, 6.45) is 2.61. The van der Waals surface area contributed by atoms with E-state index in [0.717, 1.165) is 18.8 Å². The van der Waals surface area contributed by atoms with Crippen LogP contribution in [-0.4, -0.2) is 79.8 Å². The predicted molar refractivity (Wildman–Crippen MR) is 133 cm³/mol. The van der Waals surface area contributed by atoms with Gasteiger partial charge in [-0.15, -0.1) is 0 Å². The number of hydrogen-bond donors (Lipinski definition) is 3. The molecule has 1 fully saturated rings. The van der Waals surface area contributed by atoms with Crippen LogP contribution in [0.1, 0.15) is 6.42 Å². The summed E-state index contributed by atoms with van der Waals surface area (Å²) in [7, 11) is 0. The van der Waals surface area contributed by atoms with E-state index in [4.69, 9.17) is 14.2 Å². The van der Waals surface area contributed by atoms with Gasteiger partial charge in [-0.3, -0.25) is 4.79 Å². The summed E-state index contributed by atoms with van der Waals surface area (Å²) in [5, 5.41) is 15.4. The number of nitrogens with one attached hydrogen (secondary N) is 2. The number of rotatable bonds is 6. The van der Waals surface area contributed by atoms with Crippen LogP contribution in [0.2, 0.25) is 0 Å². The summed E-state index contributed by atoms with van der Waals surface area (Å²) in [5.74, 6) is 1.21. The third-order valence-corrected chi connectivity index (χ3v) is 6.52. The first kappa shape index (κ1) is 24.0. The van der Waals surface area contributed by atoms with Gasteiger partial charge in [-0.25, -0.2) is 4.79 Å². The Morgan fingerprint density at radius 3 is 2.53 bits per heavy atom. The van der Waals surface area contributed by atoms with Crippen molar-refractivity contribution >= 4 is 23.3 Å². The molecule has 36 heavy (non-hydrogen) atoms. The van der Waals surface area contributed by atoms with Gasteiger partial charge < -0.3 is 39.8 Å². The number of hydrogen-bond acceptors (Lipinski definition) is 7. The molecule has 2 aromatic carbocycles. The minimum atomic E-state index is -0.662. The average Bonchev–Trinajstić information content (AvgIpc) is 3.38. The molecular formula is C26H30N4O6. The lowest BCUT2D eigenvalue weighted by atomic mass is 10.0. The molecule has 3 N–H and O–H groups in total. The molecule has 1 saturated heterocycles. The van der Waals surface area contributed by atoms with Crippen molar-refractivity contribution in [3.05, 3.63) is 60.7 Å². The molecule has 10 heteroatoms. The van der Waals surface area contributed by atoms with Crippen LogP contribution in [0.3, 0.4) is 0 Å². The number of carbonyl (C=O) groups excluding carboxylic acids is 2. The molecule has 10 nitrogen and oxygen atoms in total. The van der Waals surface area contributed by atoms with Crippen LogP contribution in [0, 0.1) is 0 Å². The lowest BCUT2D eigenvalue weighted by molar-refractivity contribution is -0.135. The van der Waals surface area contributed by atoms with Crippen molar-refractivity contribution in [2.75, 3.05) is 49.8 Å². The topological polar surface area (TPSA) is 113 Å². The summed E-state index contributed by atoms with van der Waals surface area (Å²) in [4.78, 5) is 29.5. The Kier molecular flexibility index (Phi) is 7.24. The number of anilines is 2. The summed E-state index contributed by atoms with van der Waals surface area (Å²) >= 11 is 0. The van der Waals surface area contributed by atoms with Gasteiger partial charge in [-0.2, -0.15) is 0 Å². The number of nitrogens with zero attached hydrogens (tertiary/aromatic N) is 2. The zero-order chi connectivity index (χ0) is 24.9. The van der Waals surface area contributed by atoms with Crippen LogP contribution in [-0.2, 0) is 9.53 Å². The predicted octanol–water partition coefficient (Wildman–Crippen LogP) is 1.96. The maximum atomic E-state index is 12.9. The van der Waals surface area contributed by atoms with Crippen LogP contribution >= 0.6 is 0 Å². The third-order valence-electron chi connectivity index (χ3n) is 6.52. The molecule has 0 saturated carbocycles. The van der Waals surface area contributed by atoms with E-state index < -0.39 is 24.3 Å². The molecule has 3 amide bonds. The lowest BCUT2D eigenvalue weighted by Crippen LogP contribution is -2.51. The van der Waals surface area contributed by atoms with Crippen molar-refractivity contribution < 1.29 is 28.9 Å². The summed E-state index contributed by atoms with van der Waals surface area (Å²) in [6, 6.07) is 14.3. The largest absolute Gasteiger partial charge is 0.454 e. The van der Waals surface area contributed by atoms with Crippen molar-refractivity contribution in [1.82, 2.24) is 10.2 Å². The highest BCUT2D eigenvalue weighted by Crippen LogP contribution is 2.34. The fourth-order valence-electron chi connectivity index (χ4n) is 4.58. The van der Waals surface area contributed by atoms with Gasteiger partial charge in [0, 0.05) is 43.6 Å². The smallest absolute Gasteiger partial charge is 0.319 e. The number of benzene rings is 2. The molecular weight excluding hydrogens is 464 g/mol. The first-order valence-electron chi connectivity index (χ1n) is 12.1. The number of urea groups is 1. The zero-order valence-corrected chi connectivity index (χ0v) is 19.8. The second-order valence-corrected chi connectivity index (χ2v) is 8.88. The molecule has 0 unspecified atom stereocenters. The summed E-state index contributed by atoms with van der Waals surface area (Å²) in [6.45, 7) is 2.72. The van der Waals surface area contributed by atoms with E-state index >= 15 is 0 Å². The standard InChI is InChI=1S/C26H30N4O6/c31-16-24-21(28-26(33)27-18-6-9-22-23(14-18)35-17-34-22)8-7-20(36-24)15-25(32)30-12-10-29(11-13-30)19-4-2-1-3-5-19/h1-9,14,20-21,24,31H,10-13,15-17H2,(H2,27,28,33)/t20-,21-,24+/m0/s1. The van der Waals surface area contributed by atoms with Crippen LogP contribution in [0.25, 0.3) is 0 Å². The third kappa shape index (κ3) is 5.55. The molecule has 5 rings (SSSR count). The number of carbonyl (C=O) groups is 2. The van der Waals surface area contributed by atoms with E-state index in [1.807, 2.05) is 23.1 Å². The molecule has 0 bridgehead atoms. The van der Waals surface area contributed by atoms with Crippen molar-refractivity contribution in [1.29, 1.82) is 0 Å². The Balaban J connectivity index is 1.11. The minimum Gasteiger partial charge on any atom is -0.454 e. The molecule has 2 aromatic rings. The number of amides is 3. The number of para-hydroxylation sites is 1. The van der Waals surface area contributed by atoms with Gasteiger partial charge in [0.05, 0.1) is 25.2 Å². The Bertz CT molecular complexity index is 1100. The summed E-state index contributed by atoms with van der Waals surface area (Å²) in [5.41, 5.74) is 1.71. The number of aliphatic hydroxyl groups is 1. The molecule has 0 aromatic heterocycles. The Labute approximate surface area is 209 Å². The van der Waals surface area contributed by atoms with E-state index in [2.05, 4.69) is 27.7 Å². The second kappa shape index (κ2) is 10.9. The van der Waals surface area contributed by atoms with Gasteiger partial charge in [0.25, 0.3) is 0 Å². The van der Waals surface area contributed by atoms with Gasteiger partial charge >= 0.3 is 6.03 Å². The molecule has 0 radical (unpaired) electrons.